The zero-order valence-electron chi connectivity index (χ0n) is 11.8. The molecule has 2 heterocycles. The van der Waals surface area contributed by atoms with Crippen molar-refractivity contribution >= 4 is 0 Å². The Kier molecular flexibility index (Phi) is 4.46. The van der Waals surface area contributed by atoms with E-state index in [2.05, 4.69) is 25.8 Å². The molecule has 1 saturated heterocycles. The first kappa shape index (κ1) is 13.6. The van der Waals surface area contributed by atoms with E-state index >= 15 is 0 Å². The quantitative estimate of drug-likeness (QED) is 0.862. The van der Waals surface area contributed by atoms with Gasteiger partial charge in [0.15, 0.2) is 0 Å². The van der Waals surface area contributed by atoms with E-state index in [1.807, 2.05) is 0 Å². The number of rotatable bonds is 4. The third kappa shape index (κ3) is 2.96. The van der Waals surface area contributed by atoms with Crippen LogP contribution in [0.15, 0.2) is 0 Å². The standard InChI is InChI=1S/C15H25NO2/c1-10-11(2)15(16-12(10)3)14(17)8-7-13-6-4-5-9-18-13/h13-14,16-17H,4-9H2,1-3H3. The molecule has 1 aliphatic rings. The summed E-state index contributed by atoms with van der Waals surface area (Å²) >= 11 is 0. The van der Waals surface area contributed by atoms with Crippen LogP contribution in [-0.4, -0.2) is 22.8 Å². The lowest BCUT2D eigenvalue weighted by molar-refractivity contribution is 0.00184. The molecule has 0 bridgehead atoms. The average molecular weight is 251 g/mol. The van der Waals surface area contributed by atoms with Gasteiger partial charge in [-0.3, -0.25) is 0 Å². The predicted octanol–water partition coefficient (Wildman–Crippen LogP) is 3.32. The van der Waals surface area contributed by atoms with Crippen molar-refractivity contribution in [2.45, 2.75) is 65.1 Å². The van der Waals surface area contributed by atoms with Crippen molar-refractivity contribution in [2.24, 2.45) is 0 Å². The number of H-pyrrole nitrogens is 1. The van der Waals surface area contributed by atoms with Gasteiger partial charge >= 0.3 is 0 Å². The average Bonchev–Trinajstić information content (AvgIpc) is 2.65. The minimum atomic E-state index is -0.386. The molecule has 0 spiro atoms. The molecule has 3 heteroatoms. The Morgan fingerprint density at radius 1 is 1.28 bits per heavy atom. The summed E-state index contributed by atoms with van der Waals surface area (Å²) in [6.45, 7) is 7.12. The molecule has 18 heavy (non-hydrogen) atoms. The fourth-order valence-corrected chi connectivity index (χ4v) is 2.73. The van der Waals surface area contributed by atoms with Crippen LogP contribution >= 0.6 is 0 Å². The lowest BCUT2D eigenvalue weighted by Gasteiger charge is -2.23. The lowest BCUT2D eigenvalue weighted by atomic mass is 10.00. The smallest absolute Gasteiger partial charge is 0.0941 e. The van der Waals surface area contributed by atoms with Crippen LogP contribution in [0.1, 0.15) is 60.7 Å². The summed E-state index contributed by atoms with van der Waals surface area (Å²) in [5.74, 6) is 0. The molecule has 0 aromatic carbocycles. The molecule has 102 valence electrons. The topological polar surface area (TPSA) is 45.2 Å². The largest absolute Gasteiger partial charge is 0.387 e. The van der Waals surface area contributed by atoms with Gasteiger partial charge in [-0.2, -0.15) is 0 Å². The van der Waals surface area contributed by atoms with Crippen molar-refractivity contribution in [1.29, 1.82) is 0 Å². The number of nitrogens with one attached hydrogen (secondary N) is 1. The lowest BCUT2D eigenvalue weighted by Crippen LogP contribution is -2.19. The number of aliphatic hydroxyl groups excluding tert-OH is 1. The number of hydrogen-bond donors (Lipinski definition) is 2. The van der Waals surface area contributed by atoms with E-state index in [1.165, 1.54) is 24.0 Å². The fourth-order valence-electron chi connectivity index (χ4n) is 2.73. The van der Waals surface area contributed by atoms with Crippen LogP contribution in [0.25, 0.3) is 0 Å². The van der Waals surface area contributed by atoms with Gasteiger partial charge in [0.1, 0.15) is 0 Å². The van der Waals surface area contributed by atoms with Gasteiger partial charge in [0.25, 0.3) is 0 Å². The van der Waals surface area contributed by atoms with E-state index in [9.17, 15) is 5.11 Å². The van der Waals surface area contributed by atoms with Crippen LogP contribution in [0.4, 0.5) is 0 Å². The molecule has 0 aliphatic carbocycles. The first-order valence-corrected chi connectivity index (χ1v) is 7.05. The van der Waals surface area contributed by atoms with E-state index in [4.69, 9.17) is 4.74 Å². The van der Waals surface area contributed by atoms with E-state index in [0.717, 1.165) is 37.3 Å². The SMILES string of the molecule is Cc1[nH]c(C(O)CCC2CCCCO2)c(C)c1C. The van der Waals surface area contributed by atoms with Crippen LogP contribution in [0.5, 0.6) is 0 Å². The Balaban J connectivity index is 1.90. The molecule has 2 unspecified atom stereocenters. The first-order chi connectivity index (χ1) is 8.59. The van der Waals surface area contributed by atoms with Gasteiger partial charge in [0, 0.05) is 18.0 Å². The number of aromatic nitrogens is 1. The van der Waals surface area contributed by atoms with Crippen molar-refractivity contribution < 1.29 is 9.84 Å². The van der Waals surface area contributed by atoms with Gasteiger partial charge in [-0.25, -0.2) is 0 Å². The van der Waals surface area contributed by atoms with E-state index in [0.29, 0.717) is 6.10 Å². The van der Waals surface area contributed by atoms with Crippen LogP contribution < -0.4 is 0 Å². The molecule has 1 aliphatic heterocycles. The van der Waals surface area contributed by atoms with E-state index in [-0.39, 0.29) is 6.10 Å². The molecule has 0 saturated carbocycles. The van der Waals surface area contributed by atoms with Crippen LogP contribution in [0, 0.1) is 20.8 Å². The number of aryl methyl sites for hydroxylation is 1. The summed E-state index contributed by atoms with van der Waals surface area (Å²) in [5.41, 5.74) is 4.61. The summed E-state index contributed by atoms with van der Waals surface area (Å²) in [6, 6.07) is 0. The molecule has 2 N–H and O–H groups in total. The Hall–Kier alpha value is -0.800. The Morgan fingerprint density at radius 3 is 2.61 bits per heavy atom. The van der Waals surface area contributed by atoms with Crippen LogP contribution in [-0.2, 0) is 4.74 Å². The van der Waals surface area contributed by atoms with Crippen molar-refractivity contribution in [2.75, 3.05) is 6.61 Å². The molecule has 1 aromatic rings. The number of aromatic amines is 1. The zero-order valence-corrected chi connectivity index (χ0v) is 11.8. The first-order valence-electron chi connectivity index (χ1n) is 7.05. The summed E-state index contributed by atoms with van der Waals surface area (Å²) in [7, 11) is 0. The van der Waals surface area contributed by atoms with Gasteiger partial charge in [0.2, 0.25) is 0 Å². The minimum Gasteiger partial charge on any atom is -0.387 e. The Labute approximate surface area is 110 Å². The summed E-state index contributed by atoms with van der Waals surface area (Å²) in [4.78, 5) is 3.31. The molecule has 3 nitrogen and oxygen atoms in total. The molecular weight excluding hydrogens is 226 g/mol. The molecular formula is C15H25NO2. The van der Waals surface area contributed by atoms with E-state index in [1.54, 1.807) is 0 Å². The van der Waals surface area contributed by atoms with Crippen LogP contribution in [0.3, 0.4) is 0 Å². The molecule has 0 radical (unpaired) electrons. The van der Waals surface area contributed by atoms with Crippen molar-refractivity contribution in [3.63, 3.8) is 0 Å². The molecule has 2 rings (SSSR count). The summed E-state index contributed by atoms with van der Waals surface area (Å²) < 4.78 is 5.70. The fraction of sp³-hybridized carbons (Fsp3) is 0.733. The van der Waals surface area contributed by atoms with E-state index < -0.39 is 0 Å². The Bertz CT molecular complexity index is 391. The number of aliphatic hydroxyl groups is 1. The maximum atomic E-state index is 10.3. The van der Waals surface area contributed by atoms with Gasteiger partial charge < -0.3 is 14.8 Å². The van der Waals surface area contributed by atoms with Crippen molar-refractivity contribution in [1.82, 2.24) is 4.98 Å². The monoisotopic (exact) mass is 251 g/mol. The third-order valence-corrected chi connectivity index (χ3v) is 4.22. The molecule has 1 aromatic heterocycles. The minimum absolute atomic E-state index is 0.353. The second-order valence-electron chi connectivity index (χ2n) is 5.50. The predicted molar refractivity (Wildman–Crippen MR) is 72.8 cm³/mol. The second kappa shape index (κ2) is 5.89. The van der Waals surface area contributed by atoms with Crippen molar-refractivity contribution in [3.8, 4) is 0 Å². The number of ether oxygens (including phenoxy) is 1. The molecule has 2 atom stereocenters. The highest BCUT2D eigenvalue weighted by atomic mass is 16.5. The Morgan fingerprint density at radius 2 is 2.06 bits per heavy atom. The van der Waals surface area contributed by atoms with Gasteiger partial charge in [-0.05, 0) is 64.0 Å². The highest BCUT2D eigenvalue weighted by molar-refractivity contribution is 5.35. The van der Waals surface area contributed by atoms with Crippen molar-refractivity contribution in [3.05, 3.63) is 22.5 Å². The van der Waals surface area contributed by atoms with Gasteiger partial charge in [-0.1, -0.05) is 0 Å². The summed E-state index contributed by atoms with van der Waals surface area (Å²) in [6.07, 6.45) is 5.30. The highest BCUT2D eigenvalue weighted by Crippen LogP contribution is 2.27. The summed E-state index contributed by atoms with van der Waals surface area (Å²) in [5, 5.41) is 10.3. The van der Waals surface area contributed by atoms with Gasteiger partial charge in [-0.15, -0.1) is 0 Å². The normalized spacial score (nSPS) is 22.1. The molecule has 0 amide bonds. The maximum Gasteiger partial charge on any atom is 0.0941 e. The number of hydrogen-bond acceptors (Lipinski definition) is 2. The van der Waals surface area contributed by atoms with Crippen LogP contribution in [0.2, 0.25) is 0 Å². The maximum absolute atomic E-state index is 10.3. The second-order valence-corrected chi connectivity index (χ2v) is 5.50. The van der Waals surface area contributed by atoms with Gasteiger partial charge in [0.05, 0.1) is 12.2 Å². The highest BCUT2D eigenvalue weighted by Gasteiger charge is 2.19. The zero-order chi connectivity index (χ0) is 13.1. The third-order valence-electron chi connectivity index (χ3n) is 4.22. The molecule has 1 fully saturated rings.